The number of nitrogens with zero attached hydrogens (tertiary/aromatic N) is 1. The van der Waals surface area contributed by atoms with Gasteiger partial charge < -0.3 is 9.73 Å². The van der Waals surface area contributed by atoms with Gasteiger partial charge >= 0.3 is 0 Å². The molecule has 0 fully saturated rings. The van der Waals surface area contributed by atoms with Crippen LogP contribution in [-0.4, -0.2) is 10.9 Å². The Morgan fingerprint density at radius 2 is 1.85 bits per heavy atom. The lowest BCUT2D eigenvalue weighted by Crippen LogP contribution is -2.26. The summed E-state index contributed by atoms with van der Waals surface area (Å²) in [4.78, 5) is 16.0. The number of carbonyl (C=O) groups is 1. The Hall–Kier alpha value is -1.52. The summed E-state index contributed by atoms with van der Waals surface area (Å²) in [6.07, 6.45) is 0. The maximum Gasteiger partial charge on any atom is 0.251 e. The van der Waals surface area contributed by atoms with Gasteiger partial charge in [0, 0.05) is 11.1 Å². The van der Waals surface area contributed by atoms with Crippen molar-refractivity contribution < 1.29 is 9.21 Å². The molecule has 20 heavy (non-hydrogen) atoms. The second-order valence-electron chi connectivity index (χ2n) is 4.56. The van der Waals surface area contributed by atoms with Gasteiger partial charge in [-0.15, -0.1) is 0 Å². The molecule has 0 bridgehead atoms. The third-order valence-electron chi connectivity index (χ3n) is 2.92. The Labute approximate surface area is 127 Å². The van der Waals surface area contributed by atoms with E-state index in [1.807, 2.05) is 26.8 Å². The van der Waals surface area contributed by atoms with E-state index in [0.717, 1.165) is 17.1 Å². The molecule has 0 radical (unpaired) electrons. The number of nitrogens with one attached hydrogen (secondary N) is 1. The number of furan rings is 1. The SMILES string of the molecule is Cc1cc(C(C)NC(=O)c2cc(Cl)nc(Cl)c2)c(C)o1. The minimum Gasteiger partial charge on any atom is -0.466 e. The maximum absolute atomic E-state index is 12.2. The van der Waals surface area contributed by atoms with Crippen LogP contribution in [0.2, 0.25) is 10.3 Å². The molecule has 1 N–H and O–H groups in total. The zero-order valence-electron chi connectivity index (χ0n) is 11.3. The van der Waals surface area contributed by atoms with Crippen LogP contribution >= 0.6 is 23.2 Å². The number of hydrogen-bond acceptors (Lipinski definition) is 3. The molecule has 0 spiro atoms. The summed E-state index contributed by atoms with van der Waals surface area (Å²) in [7, 11) is 0. The highest BCUT2D eigenvalue weighted by molar-refractivity contribution is 6.33. The third-order valence-corrected chi connectivity index (χ3v) is 3.31. The molecule has 106 valence electrons. The predicted octanol–water partition coefficient (Wildman–Crippen LogP) is 4.09. The minimum atomic E-state index is -0.262. The first-order chi connectivity index (χ1) is 9.36. The fourth-order valence-electron chi connectivity index (χ4n) is 2.03. The maximum atomic E-state index is 12.2. The van der Waals surface area contributed by atoms with Gasteiger partial charge in [-0.1, -0.05) is 23.2 Å². The fraction of sp³-hybridized carbons (Fsp3) is 0.286. The number of aromatic nitrogens is 1. The standard InChI is InChI=1S/C14H14Cl2N2O2/c1-7-4-11(9(3)20-7)8(2)17-14(19)10-5-12(15)18-13(16)6-10/h4-6,8H,1-3H3,(H,17,19). The third kappa shape index (κ3) is 3.32. The van der Waals surface area contributed by atoms with Crippen LogP contribution < -0.4 is 5.32 Å². The summed E-state index contributed by atoms with van der Waals surface area (Å²) < 4.78 is 5.46. The fourth-order valence-corrected chi connectivity index (χ4v) is 2.49. The van der Waals surface area contributed by atoms with Gasteiger partial charge in [0.05, 0.1) is 6.04 Å². The largest absolute Gasteiger partial charge is 0.466 e. The molecule has 0 saturated heterocycles. The van der Waals surface area contributed by atoms with E-state index in [-0.39, 0.29) is 22.3 Å². The van der Waals surface area contributed by atoms with Gasteiger partial charge in [-0.3, -0.25) is 4.79 Å². The summed E-state index contributed by atoms with van der Waals surface area (Å²) in [5, 5.41) is 3.25. The molecular weight excluding hydrogens is 299 g/mol. The highest BCUT2D eigenvalue weighted by atomic mass is 35.5. The van der Waals surface area contributed by atoms with Crippen molar-refractivity contribution in [1.82, 2.24) is 10.3 Å². The second kappa shape index (κ2) is 5.85. The lowest BCUT2D eigenvalue weighted by Gasteiger charge is -2.13. The van der Waals surface area contributed by atoms with Crippen LogP contribution in [0.25, 0.3) is 0 Å². The molecule has 0 aromatic carbocycles. The molecule has 0 aliphatic heterocycles. The normalized spacial score (nSPS) is 12.2. The zero-order chi connectivity index (χ0) is 14.9. The Bertz CT molecular complexity index is 632. The van der Waals surface area contributed by atoms with Crippen LogP contribution in [0.5, 0.6) is 0 Å². The van der Waals surface area contributed by atoms with E-state index in [1.165, 1.54) is 12.1 Å². The van der Waals surface area contributed by atoms with E-state index in [1.54, 1.807) is 0 Å². The van der Waals surface area contributed by atoms with Crippen LogP contribution in [0.1, 0.15) is 40.4 Å². The minimum absolute atomic E-state index is 0.175. The van der Waals surface area contributed by atoms with E-state index in [4.69, 9.17) is 27.6 Å². The van der Waals surface area contributed by atoms with Gasteiger partial charge in [-0.05, 0) is 39.0 Å². The summed E-state index contributed by atoms with van der Waals surface area (Å²) in [5.74, 6) is 1.34. The number of carbonyl (C=O) groups excluding carboxylic acids is 1. The lowest BCUT2D eigenvalue weighted by atomic mass is 10.1. The summed E-state index contributed by atoms with van der Waals surface area (Å²) >= 11 is 11.6. The van der Waals surface area contributed by atoms with E-state index in [2.05, 4.69) is 10.3 Å². The monoisotopic (exact) mass is 312 g/mol. The smallest absolute Gasteiger partial charge is 0.251 e. The van der Waals surface area contributed by atoms with E-state index >= 15 is 0 Å². The molecule has 6 heteroatoms. The Morgan fingerprint density at radius 1 is 1.25 bits per heavy atom. The van der Waals surface area contributed by atoms with Gasteiger partial charge in [-0.25, -0.2) is 4.98 Å². The molecule has 2 aromatic rings. The predicted molar refractivity (Wildman–Crippen MR) is 78.3 cm³/mol. The first-order valence-corrected chi connectivity index (χ1v) is 6.83. The van der Waals surface area contributed by atoms with Crippen molar-refractivity contribution in [3.63, 3.8) is 0 Å². The van der Waals surface area contributed by atoms with Crippen molar-refractivity contribution in [3.8, 4) is 0 Å². The summed E-state index contributed by atoms with van der Waals surface area (Å²) in [6.45, 7) is 5.62. The number of aryl methyl sites for hydroxylation is 2. The van der Waals surface area contributed by atoms with Crippen LogP contribution in [0.4, 0.5) is 0 Å². The van der Waals surface area contributed by atoms with Crippen molar-refractivity contribution in [2.45, 2.75) is 26.8 Å². The van der Waals surface area contributed by atoms with Crippen molar-refractivity contribution in [2.75, 3.05) is 0 Å². The molecule has 2 aromatic heterocycles. The van der Waals surface area contributed by atoms with E-state index in [9.17, 15) is 4.79 Å². The molecule has 0 aliphatic rings. The highest BCUT2D eigenvalue weighted by Gasteiger charge is 2.16. The Kier molecular flexibility index (Phi) is 4.35. The average Bonchev–Trinajstić information content (AvgIpc) is 2.67. The average molecular weight is 313 g/mol. The number of pyridine rings is 1. The van der Waals surface area contributed by atoms with Crippen LogP contribution in [-0.2, 0) is 0 Å². The van der Waals surface area contributed by atoms with Crippen molar-refractivity contribution >= 4 is 29.1 Å². The first-order valence-electron chi connectivity index (χ1n) is 6.07. The molecule has 0 aliphatic carbocycles. The van der Waals surface area contributed by atoms with Crippen molar-refractivity contribution in [3.05, 3.63) is 51.2 Å². The number of rotatable bonds is 3. The van der Waals surface area contributed by atoms with Gasteiger partial charge in [-0.2, -0.15) is 0 Å². The van der Waals surface area contributed by atoms with Crippen LogP contribution in [0.15, 0.2) is 22.6 Å². The zero-order valence-corrected chi connectivity index (χ0v) is 12.8. The Morgan fingerprint density at radius 3 is 2.35 bits per heavy atom. The second-order valence-corrected chi connectivity index (χ2v) is 5.34. The van der Waals surface area contributed by atoms with Crippen LogP contribution in [0, 0.1) is 13.8 Å². The highest BCUT2D eigenvalue weighted by Crippen LogP contribution is 2.22. The molecule has 2 heterocycles. The van der Waals surface area contributed by atoms with Crippen molar-refractivity contribution in [2.24, 2.45) is 0 Å². The number of halogens is 2. The molecular formula is C14H14Cl2N2O2. The quantitative estimate of drug-likeness (QED) is 0.868. The molecule has 0 saturated carbocycles. The number of hydrogen-bond donors (Lipinski definition) is 1. The lowest BCUT2D eigenvalue weighted by molar-refractivity contribution is 0.0939. The molecule has 1 amide bonds. The van der Waals surface area contributed by atoms with Gasteiger partial charge in [0.25, 0.3) is 5.91 Å². The van der Waals surface area contributed by atoms with Gasteiger partial charge in [0.15, 0.2) is 0 Å². The van der Waals surface area contributed by atoms with Crippen LogP contribution in [0.3, 0.4) is 0 Å². The molecule has 1 atom stereocenters. The first kappa shape index (κ1) is 14.9. The topological polar surface area (TPSA) is 55.1 Å². The number of amides is 1. The van der Waals surface area contributed by atoms with Crippen molar-refractivity contribution in [1.29, 1.82) is 0 Å². The molecule has 2 rings (SSSR count). The van der Waals surface area contributed by atoms with E-state index < -0.39 is 0 Å². The summed E-state index contributed by atoms with van der Waals surface area (Å²) in [5.41, 5.74) is 1.32. The summed E-state index contributed by atoms with van der Waals surface area (Å²) in [6, 6.07) is 4.68. The molecule has 1 unspecified atom stereocenters. The Balaban J connectivity index is 2.17. The van der Waals surface area contributed by atoms with Gasteiger partial charge in [0.1, 0.15) is 21.8 Å². The van der Waals surface area contributed by atoms with E-state index in [0.29, 0.717) is 5.56 Å². The molecule has 4 nitrogen and oxygen atoms in total. The van der Waals surface area contributed by atoms with Gasteiger partial charge in [0.2, 0.25) is 0 Å².